The van der Waals surface area contributed by atoms with Crippen LogP contribution in [0.5, 0.6) is 0 Å². The molecule has 0 spiro atoms. The lowest BCUT2D eigenvalue weighted by Crippen LogP contribution is -2.43. The third-order valence-electron chi connectivity index (χ3n) is 3.92. The van der Waals surface area contributed by atoms with Crippen LogP contribution in [0, 0.1) is 0 Å². The van der Waals surface area contributed by atoms with Gasteiger partial charge in [0.25, 0.3) is 0 Å². The molecule has 1 aliphatic rings. The van der Waals surface area contributed by atoms with Crippen LogP contribution in [0.25, 0.3) is 11.0 Å². The van der Waals surface area contributed by atoms with Crippen molar-refractivity contribution in [1.82, 2.24) is 14.9 Å². The molecule has 0 unspecified atom stereocenters. The van der Waals surface area contributed by atoms with Crippen molar-refractivity contribution < 1.29 is 4.79 Å². The van der Waals surface area contributed by atoms with Crippen LogP contribution < -0.4 is 11.1 Å². The Labute approximate surface area is 118 Å². The third-order valence-corrected chi connectivity index (χ3v) is 3.92. The molecule has 1 saturated carbocycles. The van der Waals surface area contributed by atoms with Gasteiger partial charge < -0.3 is 15.6 Å². The van der Waals surface area contributed by atoms with Gasteiger partial charge in [0.15, 0.2) is 0 Å². The molecule has 1 aromatic heterocycles. The van der Waals surface area contributed by atoms with Gasteiger partial charge in [-0.2, -0.15) is 0 Å². The molecule has 0 bridgehead atoms. The number of fused-ring (bicyclic) bond motifs is 1. The molecule has 20 heavy (non-hydrogen) atoms. The molecule has 0 radical (unpaired) electrons. The SMILES string of the molecule is CCn1c(CCNC(=O)C2(N)CC2)nc2ccccc21. The first-order valence-corrected chi connectivity index (χ1v) is 7.15. The lowest BCUT2D eigenvalue weighted by atomic mass is 10.2. The number of aromatic nitrogens is 2. The van der Waals surface area contributed by atoms with Crippen LogP contribution in [0.15, 0.2) is 24.3 Å². The number of nitrogens with one attached hydrogen (secondary N) is 1. The highest BCUT2D eigenvalue weighted by Crippen LogP contribution is 2.32. The van der Waals surface area contributed by atoms with Crippen molar-refractivity contribution in [2.24, 2.45) is 5.73 Å². The summed E-state index contributed by atoms with van der Waals surface area (Å²) in [6.45, 7) is 3.57. The summed E-state index contributed by atoms with van der Waals surface area (Å²) in [5.41, 5.74) is 7.42. The topological polar surface area (TPSA) is 72.9 Å². The second-order valence-corrected chi connectivity index (χ2v) is 5.42. The predicted octanol–water partition coefficient (Wildman–Crippen LogP) is 1.21. The van der Waals surface area contributed by atoms with Crippen LogP contribution in [0.2, 0.25) is 0 Å². The summed E-state index contributed by atoms with van der Waals surface area (Å²) in [6, 6.07) is 8.11. The van der Waals surface area contributed by atoms with Gasteiger partial charge in [0, 0.05) is 19.5 Å². The van der Waals surface area contributed by atoms with Crippen molar-refractivity contribution in [3.05, 3.63) is 30.1 Å². The highest BCUT2D eigenvalue weighted by molar-refractivity contribution is 5.88. The molecule has 0 aliphatic heterocycles. The summed E-state index contributed by atoms with van der Waals surface area (Å²) in [4.78, 5) is 16.4. The van der Waals surface area contributed by atoms with E-state index in [2.05, 4.69) is 27.9 Å². The Bertz CT molecular complexity index is 642. The first-order chi connectivity index (χ1) is 9.64. The minimum absolute atomic E-state index is 0.0309. The Balaban J connectivity index is 1.69. The minimum atomic E-state index is -0.592. The van der Waals surface area contributed by atoms with E-state index in [4.69, 9.17) is 5.73 Å². The Morgan fingerprint density at radius 2 is 2.20 bits per heavy atom. The molecule has 5 heteroatoms. The van der Waals surface area contributed by atoms with E-state index >= 15 is 0 Å². The average Bonchev–Trinajstić information content (AvgIpc) is 3.10. The predicted molar refractivity (Wildman–Crippen MR) is 78.3 cm³/mol. The number of hydrogen-bond donors (Lipinski definition) is 2. The number of benzene rings is 1. The summed E-state index contributed by atoms with van der Waals surface area (Å²) in [6.07, 6.45) is 2.32. The van der Waals surface area contributed by atoms with E-state index in [1.165, 1.54) is 0 Å². The lowest BCUT2D eigenvalue weighted by molar-refractivity contribution is -0.123. The monoisotopic (exact) mass is 272 g/mol. The van der Waals surface area contributed by atoms with Crippen molar-refractivity contribution in [3.8, 4) is 0 Å². The van der Waals surface area contributed by atoms with Crippen LogP contribution in [0.4, 0.5) is 0 Å². The first-order valence-electron chi connectivity index (χ1n) is 7.15. The van der Waals surface area contributed by atoms with Gasteiger partial charge in [-0.25, -0.2) is 4.98 Å². The number of nitrogens with zero attached hydrogens (tertiary/aromatic N) is 2. The number of amides is 1. The van der Waals surface area contributed by atoms with Gasteiger partial charge in [-0.05, 0) is 31.9 Å². The van der Waals surface area contributed by atoms with Crippen molar-refractivity contribution in [3.63, 3.8) is 0 Å². The maximum absolute atomic E-state index is 11.8. The summed E-state index contributed by atoms with van der Waals surface area (Å²) in [5, 5.41) is 2.91. The van der Waals surface area contributed by atoms with Gasteiger partial charge in [-0.15, -0.1) is 0 Å². The van der Waals surface area contributed by atoms with Gasteiger partial charge in [-0.3, -0.25) is 4.79 Å². The minimum Gasteiger partial charge on any atom is -0.354 e. The van der Waals surface area contributed by atoms with Crippen molar-refractivity contribution >= 4 is 16.9 Å². The Hall–Kier alpha value is -1.88. The number of rotatable bonds is 5. The Kier molecular flexibility index (Phi) is 3.22. The molecule has 1 aromatic carbocycles. The number of aryl methyl sites for hydroxylation is 1. The van der Waals surface area contributed by atoms with E-state index < -0.39 is 5.54 Å². The van der Waals surface area contributed by atoms with Crippen molar-refractivity contribution in [1.29, 1.82) is 0 Å². The number of carbonyl (C=O) groups excluding carboxylic acids is 1. The molecule has 0 atom stereocenters. The number of nitrogens with two attached hydrogens (primary N) is 1. The maximum atomic E-state index is 11.8. The van der Waals surface area contributed by atoms with Crippen molar-refractivity contribution in [2.45, 2.75) is 38.3 Å². The molecule has 1 fully saturated rings. The van der Waals surface area contributed by atoms with E-state index in [0.29, 0.717) is 6.54 Å². The highest BCUT2D eigenvalue weighted by Gasteiger charge is 2.45. The van der Waals surface area contributed by atoms with Gasteiger partial charge >= 0.3 is 0 Å². The second kappa shape index (κ2) is 4.90. The van der Waals surface area contributed by atoms with Gasteiger partial charge in [0.1, 0.15) is 5.82 Å². The number of para-hydroxylation sites is 2. The number of imidazole rings is 1. The standard InChI is InChI=1S/C15H20N4O/c1-2-19-12-6-4-3-5-11(12)18-13(19)7-10-17-14(20)15(16)8-9-15/h3-6H,2,7-10,16H2,1H3,(H,17,20). The molecule has 0 saturated heterocycles. The fourth-order valence-electron chi connectivity index (χ4n) is 2.49. The van der Waals surface area contributed by atoms with Crippen LogP contribution >= 0.6 is 0 Å². The normalized spacial score (nSPS) is 16.3. The zero-order valence-corrected chi connectivity index (χ0v) is 11.7. The zero-order valence-electron chi connectivity index (χ0n) is 11.7. The molecule has 1 amide bonds. The zero-order chi connectivity index (χ0) is 14.2. The smallest absolute Gasteiger partial charge is 0.240 e. The molecule has 3 N–H and O–H groups in total. The molecule has 106 valence electrons. The fraction of sp³-hybridized carbons (Fsp3) is 0.467. The Morgan fingerprint density at radius 1 is 1.45 bits per heavy atom. The summed E-state index contributed by atoms with van der Waals surface area (Å²) < 4.78 is 2.19. The summed E-state index contributed by atoms with van der Waals surface area (Å²) in [7, 11) is 0. The van der Waals surface area contributed by atoms with Crippen LogP contribution in [0.1, 0.15) is 25.6 Å². The van der Waals surface area contributed by atoms with Crippen LogP contribution in [0.3, 0.4) is 0 Å². The Morgan fingerprint density at radius 3 is 2.90 bits per heavy atom. The van der Waals surface area contributed by atoms with E-state index in [-0.39, 0.29) is 5.91 Å². The van der Waals surface area contributed by atoms with Gasteiger partial charge in [0.2, 0.25) is 5.91 Å². The van der Waals surface area contributed by atoms with E-state index in [1.807, 2.05) is 18.2 Å². The molecule has 5 nitrogen and oxygen atoms in total. The van der Waals surface area contributed by atoms with Crippen molar-refractivity contribution in [2.75, 3.05) is 6.54 Å². The maximum Gasteiger partial charge on any atom is 0.240 e. The molecule has 2 aromatic rings. The first kappa shape index (κ1) is 13.1. The number of carbonyl (C=O) groups is 1. The largest absolute Gasteiger partial charge is 0.354 e. The summed E-state index contributed by atoms with van der Waals surface area (Å²) >= 11 is 0. The molecule has 3 rings (SSSR count). The highest BCUT2D eigenvalue weighted by atomic mass is 16.2. The number of hydrogen-bond acceptors (Lipinski definition) is 3. The molecular weight excluding hydrogens is 252 g/mol. The molecule has 1 heterocycles. The molecular formula is C15H20N4O. The lowest BCUT2D eigenvalue weighted by Gasteiger charge is -2.10. The van der Waals surface area contributed by atoms with Crippen LogP contribution in [-0.2, 0) is 17.8 Å². The summed E-state index contributed by atoms with van der Waals surface area (Å²) in [5.74, 6) is 0.979. The second-order valence-electron chi connectivity index (χ2n) is 5.42. The third kappa shape index (κ3) is 2.29. The molecule has 1 aliphatic carbocycles. The van der Waals surface area contributed by atoms with Crippen LogP contribution in [-0.4, -0.2) is 27.5 Å². The van der Waals surface area contributed by atoms with E-state index in [1.54, 1.807) is 0 Å². The van der Waals surface area contributed by atoms with Gasteiger partial charge in [-0.1, -0.05) is 12.1 Å². The van der Waals surface area contributed by atoms with Gasteiger partial charge in [0.05, 0.1) is 16.6 Å². The quantitative estimate of drug-likeness (QED) is 0.859. The average molecular weight is 272 g/mol. The van der Waals surface area contributed by atoms with E-state index in [0.717, 1.165) is 42.7 Å². The fourth-order valence-corrected chi connectivity index (χ4v) is 2.49. The van der Waals surface area contributed by atoms with E-state index in [9.17, 15) is 4.79 Å².